The summed E-state index contributed by atoms with van der Waals surface area (Å²) in [5, 5.41) is 12.4. The lowest BCUT2D eigenvalue weighted by Crippen LogP contribution is -2.29. The van der Waals surface area contributed by atoms with Gasteiger partial charge in [-0.25, -0.2) is 4.79 Å². The Balaban J connectivity index is 1.75. The molecule has 116 valence electrons. The zero-order valence-electron chi connectivity index (χ0n) is 12.8. The molecule has 0 radical (unpaired) electrons. The molecule has 0 spiro atoms. The van der Waals surface area contributed by atoms with Gasteiger partial charge in [0.05, 0.1) is 6.20 Å². The third kappa shape index (κ3) is 4.44. The van der Waals surface area contributed by atoms with Crippen LogP contribution in [0.1, 0.15) is 35.0 Å². The Bertz CT molecular complexity index is 664. The fourth-order valence-electron chi connectivity index (χ4n) is 2.10. The van der Waals surface area contributed by atoms with Gasteiger partial charge < -0.3 is 10.6 Å². The number of ketones is 1. The second-order valence-electron chi connectivity index (χ2n) is 5.14. The molecule has 2 aromatic rings. The Morgan fingerprint density at radius 3 is 2.82 bits per heavy atom. The minimum Gasteiger partial charge on any atom is -0.338 e. The van der Waals surface area contributed by atoms with Crippen molar-refractivity contribution in [1.29, 1.82) is 0 Å². The molecule has 6 heteroatoms. The lowest BCUT2D eigenvalue weighted by molar-refractivity contribution is 0.101. The molecule has 1 aromatic carbocycles. The zero-order chi connectivity index (χ0) is 15.9. The van der Waals surface area contributed by atoms with Crippen molar-refractivity contribution < 1.29 is 9.59 Å². The third-order valence-electron chi connectivity index (χ3n) is 3.37. The number of hydrogen-bond donors (Lipinski definition) is 3. The Hall–Kier alpha value is -2.63. The summed E-state index contributed by atoms with van der Waals surface area (Å²) < 4.78 is 0. The van der Waals surface area contributed by atoms with Crippen molar-refractivity contribution in [3.8, 4) is 0 Å². The van der Waals surface area contributed by atoms with Gasteiger partial charge in [0.2, 0.25) is 0 Å². The van der Waals surface area contributed by atoms with Crippen LogP contribution in [0.5, 0.6) is 0 Å². The second-order valence-corrected chi connectivity index (χ2v) is 5.14. The normalized spacial score (nSPS) is 10.3. The van der Waals surface area contributed by atoms with Crippen LogP contribution >= 0.6 is 0 Å². The molecule has 0 aliphatic rings. The van der Waals surface area contributed by atoms with Crippen molar-refractivity contribution >= 4 is 17.5 Å². The quantitative estimate of drug-likeness (QED) is 0.566. The molecule has 1 heterocycles. The first kappa shape index (κ1) is 15.8. The standard InChI is InChI=1S/C16H20N4O2/c1-11-14(10-18-20-11)6-4-8-17-16(22)19-15-7-3-5-13(9-15)12(2)21/h3,5,7,9-10H,4,6,8H2,1-2H3,(H,18,20)(H2,17,19,22). The Morgan fingerprint density at radius 2 is 2.14 bits per heavy atom. The van der Waals surface area contributed by atoms with Gasteiger partial charge in [-0.1, -0.05) is 12.1 Å². The molecule has 0 unspecified atom stereocenters. The van der Waals surface area contributed by atoms with Gasteiger partial charge in [0.25, 0.3) is 0 Å². The van der Waals surface area contributed by atoms with E-state index in [-0.39, 0.29) is 11.8 Å². The minimum atomic E-state index is -0.274. The number of nitrogens with one attached hydrogen (secondary N) is 3. The summed E-state index contributed by atoms with van der Waals surface area (Å²) in [6.07, 6.45) is 3.51. The van der Waals surface area contributed by atoms with E-state index in [1.807, 2.05) is 13.1 Å². The molecule has 0 saturated heterocycles. The van der Waals surface area contributed by atoms with Crippen LogP contribution in [-0.2, 0) is 6.42 Å². The van der Waals surface area contributed by atoms with E-state index < -0.39 is 0 Å². The fourth-order valence-corrected chi connectivity index (χ4v) is 2.10. The average molecular weight is 300 g/mol. The maximum absolute atomic E-state index is 11.8. The van der Waals surface area contributed by atoms with E-state index in [1.54, 1.807) is 24.3 Å². The monoisotopic (exact) mass is 300 g/mol. The van der Waals surface area contributed by atoms with E-state index in [4.69, 9.17) is 0 Å². The number of H-pyrrole nitrogens is 1. The van der Waals surface area contributed by atoms with E-state index in [2.05, 4.69) is 20.8 Å². The number of Topliss-reactive ketones (excluding diaryl/α,β-unsaturated/α-hetero) is 1. The molecule has 3 N–H and O–H groups in total. The van der Waals surface area contributed by atoms with E-state index in [9.17, 15) is 9.59 Å². The molecule has 22 heavy (non-hydrogen) atoms. The predicted molar refractivity (Wildman–Crippen MR) is 85.1 cm³/mol. The highest BCUT2D eigenvalue weighted by molar-refractivity contribution is 5.96. The average Bonchev–Trinajstić information content (AvgIpc) is 2.89. The third-order valence-corrected chi connectivity index (χ3v) is 3.37. The number of benzene rings is 1. The van der Waals surface area contributed by atoms with Gasteiger partial charge in [-0.15, -0.1) is 0 Å². The number of amides is 2. The van der Waals surface area contributed by atoms with Crippen molar-refractivity contribution in [2.75, 3.05) is 11.9 Å². The van der Waals surface area contributed by atoms with E-state index in [1.165, 1.54) is 6.92 Å². The summed E-state index contributed by atoms with van der Waals surface area (Å²) >= 11 is 0. The first-order valence-electron chi connectivity index (χ1n) is 7.21. The van der Waals surface area contributed by atoms with Gasteiger partial charge in [-0.2, -0.15) is 5.10 Å². The van der Waals surface area contributed by atoms with Crippen molar-refractivity contribution in [3.63, 3.8) is 0 Å². The maximum Gasteiger partial charge on any atom is 0.319 e. The van der Waals surface area contributed by atoms with Crippen molar-refractivity contribution in [2.45, 2.75) is 26.7 Å². The first-order valence-corrected chi connectivity index (χ1v) is 7.21. The Labute approximate surface area is 129 Å². The Kier molecular flexibility index (Phi) is 5.30. The number of aromatic nitrogens is 2. The fraction of sp³-hybridized carbons (Fsp3) is 0.312. The molecule has 0 atom stereocenters. The molecule has 0 bridgehead atoms. The summed E-state index contributed by atoms with van der Waals surface area (Å²) in [5.41, 5.74) is 3.41. The lowest BCUT2D eigenvalue weighted by atomic mass is 10.1. The van der Waals surface area contributed by atoms with Crippen LogP contribution < -0.4 is 10.6 Å². The van der Waals surface area contributed by atoms with Gasteiger partial charge >= 0.3 is 6.03 Å². The van der Waals surface area contributed by atoms with Crippen molar-refractivity contribution in [1.82, 2.24) is 15.5 Å². The van der Waals surface area contributed by atoms with Gasteiger partial charge in [0.1, 0.15) is 0 Å². The zero-order valence-corrected chi connectivity index (χ0v) is 12.8. The number of aryl methyl sites for hydroxylation is 2. The number of carbonyl (C=O) groups excluding carboxylic acids is 2. The molecule has 1 aromatic heterocycles. The lowest BCUT2D eigenvalue weighted by Gasteiger charge is -2.08. The number of hydrogen-bond acceptors (Lipinski definition) is 3. The first-order chi connectivity index (χ1) is 10.6. The highest BCUT2D eigenvalue weighted by Gasteiger charge is 2.05. The highest BCUT2D eigenvalue weighted by Crippen LogP contribution is 2.11. The molecule has 0 aliphatic heterocycles. The molecule has 0 saturated carbocycles. The summed E-state index contributed by atoms with van der Waals surface area (Å²) in [5.74, 6) is -0.0282. The molecular weight excluding hydrogens is 280 g/mol. The summed E-state index contributed by atoms with van der Waals surface area (Å²) in [4.78, 5) is 23.1. The Morgan fingerprint density at radius 1 is 1.32 bits per heavy atom. The number of rotatable bonds is 6. The van der Waals surface area contributed by atoms with Crippen molar-refractivity contribution in [3.05, 3.63) is 47.3 Å². The predicted octanol–water partition coefficient (Wildman–Crippen LogP) is 2.68. The second kappa shape index (κ2) is 7.40. The van der Waals surface area contributed by atoms with Crippen LogP contribution in [0, 0.1) is 6.92 Å². The summed E-state index contributed by atoms with van der Waals surface area (Å²) in [7, 11) is 0. The number of urea groups is 1. The highest BCUT2D eigenvalue weighted by atomic mass is 16.2. The van der Waals surface area contributed by atoms with Crippen LogP contribution in [0.15, 0.2) is 30.5 Å². The van der Waals surface area contributed by atoms with Crippen LogP contribution in [0.25, 0.3) is 0 Å². The smallest absolute Gasteiger partial charge is 0.319 e. The van der Waals surface area contributed by atoms with Gasteiger partial charge in [0.15, 0.2) is 5.78 Å². The van der Waals surface area contributed by atoms with Crippen LogP contribution in [-0.4, -0.2) is 28.6 Å². The van der Waals surface area contributed by atoms with E-state index in [0.29, 0.717) is 17.8 Å². The van der Waals surface area contributed by atoms with Gasteiger partial charge in [-0.3, -0.25) is 9.89 Å². The number of carbonyl (C=O) groups is 2. The molecule has 0 aliphatic carbocycles. The molecule has 0 fully saturated rings. The van der Waals surface area contributed by atoms with Gasteiger partial charge in [0, 0.05) is 23.5 Å². The minimum absolute atomic E-state index is 0.0282. The number of nitrogens with zero attached hydrogens (tertiary/aromatic N) is 1. The van der Waals surface area contributed by atoms with Crippen LogP contribution in [0.4, 0.5) is 10.5 Å². The SMILES string of the molecule is CC(=O)c1cccc(NC(=O)NCCCc2cn[nH]c2C)c1. The molecule has 2 rings (SSSR count). The number of anilines is 1. The van der Waals surface area contributed by atoms with E-state index >= 15 is 0 Å². The van der Waals surface area contributed by atoms with Crippen LogP contribution in [0.2, 0.25) is 0 Å². The largest absolute Gasteiger partial charge is 0.338 e. The number of aromatic amines is 1. The summed E-state index contributed by atoms with van der Waals surface area (Å²) in [6.45, 7) is 4.05. The molecular formula is C16H20N4O2. The van der Waals surface area contributed by atoms with Crippen molar-refractivity contribution in [2.24, 2.45) is 0 Å². The van der Waals surface area contributed by atoms with Crippen LogP contribution in [0.3, 0.4) is 0 Å². The van der Waals surface area contributed by atoms with E-state index in [0.717, 1.165) is 24.1 Å². The summed E-state index contributed by atoms with van der Waals surface area (Å²) in [6, 6.07) is 6.61. The van der Waals surface area contributed by atoms with Gasteiger partial charge in [-0.05, 0) is 44.4 Å². The maximum atomic E-state index is 11.8. The molecule has 2 amide bonds. The topological polar surface area (TPSA) is 86.9 Å². The molecule has 6 nitrogen and oxygen atoms in total.